The maximum Gasteiger partial charge on any atom is 0.200 e. The molecule has 0 spiro atoms. The van der Waals surface area contributed by atoms with E-state index in [1.807, 2.05) is 84.9 Å². The summed E-state index contributed by atoms with van der Waals surface area (Å²) in [4.78, 5) is 0. The molecule has 11 nitrogen and oxygen atoms in total. The van der Waals surface area contributed by atoms with Crippen molar-refractivity contribution < 1.29 is 52.2 Å². The van der Waals surface area contributed by atoms with Gasteiger partial charge in [-0.1, -0.05) is 211 Å². The highest BCUT2D eigenvalue weighted by molar-refractivity contribution is 6.78. The number of ether oxygens (including phenoxy) is 7. The van der Waals surface area contributed by atoms with Crippen molar-refractivity contribution in [2.75, 3.05) is 13.2 Å². The van der Waals surface area contributed by atoms with Crippen LogP contribution in [0.15, 0.2) is 158 Å². The van der Waals surface area contributed by atoms with Gasteiger partial charge >= 0.3 is 0 Å². The van der Waals surface area contributed by atoms with Crippen LogP contribution in [0.3, 0.4) is 0 Å². The van der Waals surface area contributed by atoms with E-state index in [-0.39, 0.29) is 36.6 Å². The number of benzene rings is 4. The molecule has 2 N–H and O–H groups in total. The zero-order chi connectivity index (χ0) is 56.7. The predicted octanol–water partition coefficient (Wildman–Crippen LogP) is 14.6. The molecular formula is C65H96O11Si2. The van der Waals surface area contributed by atoms with Crippen LogP contribution in [0.5, 0.6) is 0 Å². The van der Waals surface area contributed by atoms with Crippen LogP contribution >= 0.6 is 0 Å². The number of hydrogen-bond donors (Lipinski definition) is 2. The van der Waals surface area contributed by atoms with Crippen LogP contribution in [0.25, 0.3) is 0 Å². The van der Waals surface area contributed by atoms with Crippen LogP contribution in [0.2, 0.25) is 33.2 Å². The summed E-state index contributed by atoms with van der Waals surface area (Å²) in [5.74, 6) is 0. The fourth-order valence-corrected chi connectivity index (χ4v) is 22.6. The molecule has 9 atom stereocenters. The number of hydrogen-bond acceptors (Lipinski definition) is 11. The van der Waals surface area contributed by atoms with E-state index in [0.717, 1.165) is 28.7 Å². The predicted molar refractivity (Wildman–Crippen MR) is 318 cm³/mol. The van der Waals surface area contributed by atoms with Crippen LogP contribution in [-0.4, -0.2) is 95.0 Å². The van der Waals surface area contributed by atoms with Crippen molar-refractivity contribution in [2.24, 2.45) is 0 Å². The third-order valence-electron chi connectivity index (χ3n) is 15.6. The molecule has 0 bridgehead atoms. The van der Waals surface area contributed by atoms with Crippen molar-refractivity contribution in [1.82, 2.24) is 0 Å². The number of rotatable bonds is 25. The molecule has 0 radical (unpaired) electrons. The Bertz CT molecular complexity index is 2270. The summed E-state index contributed by atoms with van der Waals surface area (Å²) in [7, 11) is -3.98. The lowest BCUT2D eigenvalue weighted by atomic mass is 10.0. The quantitative estimate of drug-likeness (QED) is 0.0617. The van der Waals surface area contributed by atoms with E-state index in [2.05, 4.69) is 139 Å². The van der Waals surface area contributed by atoms with E-state index >= 15 is 0 Å². The lowest BCUT2D eigenvalue weighted by Gasteiger charge is -2.44. The van der Waals surface area contributed by atoms with Gasteiger partial charge in [0, 0.05) is 0 Å². The molecule has 0 saturated carbocycles. The lowest BCUT2D eigenvalue weighted by molar-refractivity contribution is -0.139. The molecule has 78 heavy (non-hydrogen) atoms. The Morgan fingerprint density at radius 1 is 0.397 bits per heavy atom. The van der Waals surface area contributed by atoms with Gasteiger partial charge in [0.15, 0.2) is 0 Å². The fourth-order valence-electron chi connectivity index (χ4n) is 11.7. The summed E-state index contributed by atoms with van der Waals surface area (Å²) in [6.45, 7) is 32.3. The van der Waals surface area contributed by atoms with Crippen LogP contribution in [0.1, 0.15) is 119 Å². The van der Waals surface area contributed by atoms with Gasteiger partial charge in [-0.2, -0.15) is 0 Å². The summed E-state index contributed by atoms with van der Waals surface area (Å²) in [5.41, 5.74) is 7.60. The van der Waals surface area contributed by atoms with Crippen molar-refractivity contribution in [3.8, 4) is 0 Å². The van der Waals surface area contributed by atoms with Crippen LogP contribution in [-0.2, 0) is 68.4 Å². The molecule has 0 saturated heterocycles. The summed E-state index contributed by atoms with van der Waals surface area (Å²) >= 11 is 0. The SMILES string of the molecule is CC(C)[Si](OCC1OC=CC(O)C1O)(C(C)C)C(C)C.CC(C)[Si](OCC1OC=CC(OCc2ccccc2)C1OCc1ccccc1)(C(C)C)C(C)C.CCC1OC=CC(OCc2ccccc2)C1OCc1ccccc1. The van der Waals surface area contributed by atoms with Crippen molar-refractivity contribution in [3.63, 3.8) is 0 Å². The minimum absolute atomic E-state index is 0.0134. The van der Waals surface area contributed by atoms with Crippen molar-refractivity contribution in [1.29, 1.82) is 0 Å². The second-order valence-electron chi connectivity index (χ2n) is 22.7. The Morgan fingerprint density at radius 3 is 1.04 bits per heavy atom. The maximum absolute atomic E-state index is 9.96. The molecule has 430 valence electrons. The lowest BCUT2D eigenvalue weighted by Crippen LogP contribution is -2.52. The molecule has 4 aromatic carbocycles. The van der Waals surface area contributed by atoms with Crippen molar-refractivity contribution in [3.05, 3.63) is 181 Å². The summed E-state index contributed by atoms with van der Waals surface area (Å²) in [6, 6.07) is 40.9. The first kappa shape index (κ1) is 64.4. The van der Waals surface area contributed by atoms with Gasteiger partial charge in [0.05, 0.1) is 58.4 Å². The summed E-state index contributed by atoms with van der Waals surface area (Å²) < 4.78 is 55.6. The monoisotopic (exact) mass is 1110 g/mol. The molecule has 3 aliphatic heterocycles. The molecule has 9 unspecified atom stereocenters. The Balaban J connectivity index is 0.000000225. The Kier molecular flexibility index (Phi) is 27.1. The van der Waals surface area contributed by atoms with E-state index < -0.39 is 34.9 Å². The van der Waals surface area contributed by atoms with Gasteiger partial charge in [-0.25, -0.2) is 0 Å². The Morgan fingerprint density at radius 2 is 0.692 bits per heavy atom. The number of aliphatic hydroxyl groups is 2. The van der Waals surface area contributed by atoms with E-state index in [4.69, 9.17) is 42.0 Å². The maximum atomic E-state index is 9.96. The van der Waals surface area contributed by atoms with Gasteiger partial charge in [0.2, 0.25) is 16.6 Å². The minimum Gasteiger partial charge on any atom is -0.495 e. The zero-order valence-corrected chi connectivity index (χ0v) is 51.2. The summed E-state index contributed by atoms with van der Waals surface area (Å²) in [6.07, 6.45) is 8.05. The van der Waals surface area contributed by atoms with Gasteiger partial charge in [-0.3, -0.25) is 0 Å². The first-order valence-electron chi connectivity index (χ1n) is 28.7. The highest BCUT2D eigenvalue weighted by Gasteiger charge is 2.48. The molecule has 3 aliphatic rings. The molecule has 0 aliphatic carbocycles. The molecule has 7 rings (SSSR count). The molecule has 0 fully saturated rings. The van der Waals surface area contributed by atoms with Crippen molar-refractivity contribution in [2.45, 2.75) is 211 Å². The van der Waals surface area contributed by atoms with Crippen LogP contribution in [0.4, 0.5) is 0 Å². The molecule has 3 heterocycles. The first-order valence-corrected chi connectivity index (χ1v) is 32.9. The van der Waals surface area contributed by atoms with E-state index in [0.29, 0.717) is 72.9 Å². The van der Waals surface area contributed by atoms with Crippen LogP contribution < -0.4 is 0 Å². The smallest absolute Gasteiger partial charge is 0.200 e. The third kappa shape index (κ3) is 18.3. The normalized spacial score (nSPS) is 23.2. The summed E-state index contributed by atoms with van der Waals surface area (Å²) in [5, 5.41) is 19.6. The standard InChI is InChI=1S/C29H42O4Si.C21H24O3.C15H30O4Si/c1-22(2)34(23(3)4,24(5)6)33-21-28-29(32-20-26-15-11-8-12-16-26)27(17-18-30-28)31-19-25-13-9-7-10-14-25;1-2-19-21(24-16-18-11-7-4-8-12-18)20(13-14-22-19)23-15-17-9-5-3-6-10-17;1-10(2)20(11(3)4,12(5)6)19-9-14-15(17)13(16)7-8-18-14/h7-18,22-24,27-29H,19-21H2,1-6H3;3-14,19-21H,2,15-16H2,1H3;7-8,10-17H,9H2,1-6H3. The fraction of sp³-hybridized carbons (Fsp3) is 0.538. The highest BCUT2D eigenvalue weighted by atomic mass is 28.4. The molecular weight excluding hydrogens is 1010 g/mol. The molecule has 0 amide bonds. The number of aliphatic hydroxyl groups excluding tert-OH is 2. The molecule has 13 heteroatoms. The zero-order valence-electron chi connectivity index (χ0n) is 49.2. The van der Waals surface area contributed by atoms with Gasteiger partial charge in [-0.15, -0.1) is 0 Å². The average molecular weight is 1110 g/mol. The van der Waals surface area contributed by atoms with E-state index in [9.17, 15) is 10.2 Å². The second-order valence-corrected chi connectivity index (χ2v) is 33.6. The van der Waals surface area contributed by atoms with E-state index in [1.54, 1.807) is 12.5 Å². The molecule has 0 aromatic heterocycles. The third-order valence-corrected chi connectivity index (χ3v) is 27.8. The largest absolute Gasteiger partial charge is 0.495 e. The Hall–Kier alpha value is -4.39. The van der Waals surface area contributed by atoms with Gasteiger partial charge in [-0.05, 0) is 80.1 Å². The van der Waals surface area contributed by atoms with Gasteiger partial charge in [0.1, 0.15) is 54.9 Å². The average Bonchev–Trinajstić information content (AvgIpc) is 3.49. The van der Waals surface area contributed by atoms with E-state index in [1.165, 1.54) is 12.3 Å². The van der Waals surface area contributed by atoms with Crippen LogP contribution in [0, 0.1) is 0 Å². The first-order chi connectivity index (χ1) is 37.4. The van der Waals surface area contributed by atoms with Gasteiger partial charge < -0.3 is 52.2 Å². The Labute approximate surface area is 471 Å². The topological polar surface area (TPSA) is 124 Å². The molecule has 4 aromatic rings. The van der Waals surface area contributed by atoms with Crippen molar-refractivity contribution >= 4 is 16.6 Å². The highest BCUT2D eigenvalue weighted by Crippen LogP contribution is 2.44. The van der Waals surface area contributed by atoms with Gasteiger partial charge in [0.25, 0.3) is 0 Å². The minimum atomic E-state index is -2.02. The second kappa shape index (κ2) is 32.8.